The largest absolute Gasteiger partial charge is 0.373 e. The molecule has 1 aliphatic heterocycles. The SMILES string of the molecule is N#C/C=C\N1CC1. The lowest BCUT2D eigenvalue weighted by atomic mass is 10.7. The van der Waals surface area contributed by atoms with Crippen molar-refractivity contribution >= 4 is 0 Å². The van der Waals surface area contributed by atoms with Crippen LogP contribution in [0.4, 0.5) is 0 Å². The van der Waals surface area contributed by atoms with E-state index in [9.17, 15) is 0 Å². The van der Waals surface area contributed by atoms with Crippen LogP contribution in [0.15, 0.2) is 12.3 Å². The Labute approximate surface area is 42.7 Å². The fourth-order valence-corrected chi connectivity index (χ4v) is 0.346. The first-order chi connectivity index (χ1) is 3.43. The molecule has 0 amide bonds. The maximum Gasteiger partial charge on any atom is 0.0927 e. The maximum absolute atomic E-state index is 7.98. The summed E-state index contributed by atoms with van der Waals surface area (Å²) in [4.78, 5) is 2.06. The van der Waals surface area contributed by atoms with Crippen molar-refractivity contribution < 1.29 is 0 Å². The normalized spacial score (nSPS) is 17.3. The number of hydrogen-bond acceptors (Lipinski definition) is 2. The Balaban J connectivity index is 2.21. The van der Waals surface area contributed by atoms with Gasteiger partial charge in [-0.25, -0.2) is 0 Å². The molecule has 1 saturated heterocycles. The van der Waals surface area contributed by atoms with Crippen LogP contribution in [0.2, 0.25) is 0 Å². The van der Waals surface area contributed by atoms with Gasteiger partial charge in [-0.2, -0.15) is 5.26 Å². The summed E-state index contributed by atoms with van der Waals surface area (Å²) < 4.78 is 0. The molecule has 0 N–H and O–H groups in total. The van der Waals surface area contributed by atoms with Crippen molar-refractivity contribution in [2.24, 2.45) is 0 Å². The highest BCUT2D eigenvalue weighted by atomic mass is 15.2. The van der Waals surface area contributed by atoms with Gasteiger partial charge in [-0.3, -0.25) is 0 Å². The van der Waals surface area contributed by atoms with Crippen molar-refractivity contribution in [1.82, 2.24) is 4.90 Å². The summed E-state index contributed by atoms with van der Waals surface area (Å²) in [6.07, 6.45) is 3.30. The Kier molecular flexibility index (Phi) is 0.991. The summed E-state index contributed by atoms with van der Waals surface area (Å²) in [6.45, 7) is 2.25. The molecule has 2 heteroatoms. The monoisotopic (exact) mass is 94.1 g/mol. The van der Waals surface area contributed by atoms with Gasteiger partial charge in [0.25, 0.3) is 0 Å². The third kappa shape index (κ3) is 1.27. The van der Waals surface area contributed by atoms with Crippen LogP contribution in [-0.4, -0.2) is 18.0 Å². The lowest BCUT2D eigenvalue weighted by molar-refractivity contribution is 0.773. The second-order valence-corrected chi connectivity index (χ2v) is 1.48. The van der Waals surface area contributed by atoms with E-state index in [4.69, 9.17) is 5.26 Å². The van der Waals surface area contributed by atoms with Gasteiger partial charge < -0.3 is 4.90 Å². The van der Waals surface area contributed by atoms with E-state index < -0.39 is 0 Å². The second-order valence-electron chi connectivity index (χ2n) is 1.48. The zero-order valence-electron chi connectivity index (χ0n) is 3.96. The van der Waals surface area contributed by atoms with E-state index in [1.807, 2.05) is 6.07 Å². The van der Waals surface area contributed by atoms with Crippen LogP contribution in [0.5, 0.6) is 0 Å². The van der Waals surface area contributed by atoms with Gasteiger partial charge in [0, 0.05) is 25.4 Å². The summed E-state index contributed by atoms with van der Waals surface area (Å²) in [7, 11) is 0. The Morgan fingerprint density at radius 3 is 2.71 bits per heavy atom. The molecule has 0 atom stereocenters. The fraction of sp³-hybridized carbons (Fsp3) is 0.400. The Morgan fingerprint density at radius 2 is 2.29 bits per heavy atom. The van der Waals surface area contributed by atoms with Crippen LogP contribution in [0.25, 0.3) is 0 Å². The van der Waals surface area contributed by atoms with E-state index in [0.717, 1.165) is 13.1 Å². The van der Waals surface area contributed by atoms with E-state index in [0.29, 0.717) is 0 Å². The van der Waals surface area contributed by atoms with E-state index >= 15 is 0 Å². The van der Waals surface area contributed by atoms with Crippen LogP contribution in [0.1, 0.15) is 0 Å². The second kappa shape index (κ2) is 1.65. The molecule has 0 spiro atoms. The third-order valence-corrected chi connectivity index (χ3v) is 0.842. The molecule has 0 bridgehead atoms. The summed E-state index contributed by atoms with van der Waals surface area (Å²) in [5.74, 6) is 0. The van der Waals surface area contributed by atoms with Gasteiger partial charge in [0.05, 0.1) is 6.07 Å². The molecule has 0 saturated carbocycles. The molecule has 0 aromatic carbocycles. The lowest BCUT2D eigenvalue weighted by Crippen LogP contribution is -1.76. The number of rotatable bonds is 1. The highest BCUT2D eigenvalue weighted by Gasteiger charge is 2.09. The summed E-state index contributed by atoms with van der Waals surface area (Å²) >= 11 is 0. The summed E-state index contributed by atoms with van der Waals surface area (Å²) in [5.41, 5.74) is 0. The standard InChI is InChI=1S/C5H6N2/c6-2-1-3-7-4-5-7/h1,3H,4-5H2/b3-1-. The fourth-order valence-electron chi connectivity index (χ4n) is 0.346. The average molecular weight is 94.1 g/mol. The molecule has 36 valence electrons. The predicted octanol–water partition coefficient (Wildman–Crippen LogP) is 0.339. The van der Waals surface area contributed by atoms with E-state index in [1.165, 1.54) is 6.08 Å². The van der Waals surface area contributed by atoms with Gasteiger partial charge >= 0.3 is 0 Å². The highest BCUT2D eigenvalue weighted by Crippen LogP contribution is 2.01. The first kappa shape index (κ1) is 4.20. The number of nitriles is 1. The molecule has 0 aromatic heterocycles. The smallest absolute Gasteiger partial charge is 0.0927 e. The van der Waals surface area contributed by atoms with Crippen molar-refractivity contribution in [1.29, 1.82) is 5.26 Å². The minimum Gasteiger partial charge on any atom is -0.373 e. The predicted molar refractivity (Wildman–Crippen MR) is 26.3 cm³/mol. The van der Waals surface area contributed by atoms with Crippen LogP contribution < -0.4 is 0 Å². The Hall–Kier alpha value is -0.970. The van der Waals surface area contributed by atoms with Gasteiger partial charge in [0.15, 0.2) is 0 Å². The van der Waals surface area contributed by atoms with E-state index in [1.54, 1.807) is 6.20 Å². The molecule has 7 heavy (non-hydrogen) atoms. The molecule has 0 unspecified atom stereocenters. The molecule has 0 radical (unpaired) electrons. The topological polar surface area (TPSA) is 26.8 Å². The van der Waals surface area contributed by atoms with Crippen LogP contribution in [-0.2, 0) is 0 Å². The molecule has 1 aliphatic rings. The number of nitrogens with zero attached hydrogens (tertiary/aromatic N) is 2. The third-order valence-electron chi connectivity index (χ3n) is 0.842. The molecule has 0 aromatic rings. The van der Waals surface area contributed by atoms with Gasteiger partial charge in [0.2, 0.25) is 0 Å². The minimum absolute atomic E-state index is 1.12. The first-order valence-electron chi connectivity index (χ1n) is 2.24. The van der Waals surface area contributed by atoms with Gasteiger partial charge in [-0.05, 0) is 0 Å². The van der Waals surface area contributed by atoms with Crippen LogP contribution >= 0.6 is 0 Å². The van der Waals surface area contributed by atoms with E-state index in [-0.39, 0.29) is 0 Å². The minimum atomic E-state index is 1.12. The summed E-state index contributed by atoms with van der Waals surface area (Å²) in [5, 5.41) is 7.98. The van der Waals surface area contributed by atoms with Crippen molar-refractivity contribution in [3.8, 4) is 6.07 Å². The Bertz CT molecular complexity index is 117. The molecule has 1 heterocycles. The van der Waals surface area contributed by atoms with Crippen LogP contribution in [0, 0.1) is 11.3 Å². The molecule has 1 rings (SSSR count). The number of allylic oxidation sites excluding steroid dienone is 1. The van der Waals surface area contributed by atoms with Gasteiger partial charge in [0.1, 0.15) is 0 Å². The Morgan fingerprint density at radius 1 is 1.57 bits per heavy atom. The first-order valence-corrected chi connectivity index (χ1v) is 2.24. The van der Waals surface area contributed by atoms with Crippen LogP contribution in [0.3, 0.4) is 0 Å². The zero-order chi connectivity index (χ0) is 5.11. The van der Waals surface area contributed by atoms with Crippen molar-refractivity contribution in [2.75, 3.05) is 13.1 Å². The number of hydrogen-bond donors (Lipinski definition) is 0. The quantitative estimate of drug-likeness (QED) is 0.346. The van der Waals surface area contributed by atoms with E-state index in [2.05, 4.69) is 4.90 Å². The van der Waals surface area contributed by atoms with Gasteiger partial charge in [-0.15, -0.1) is 0 Å². The lowest BCUT2D eigenvalue weighted by Gasteiger charge is -1.79. The molecule has 1 fully saturated rings. The van der Waals surface area contributed by atoms with Crippen molar-refractivity contribution in [3.05, 3.63) is 12.3 Å². The maximum atomic E-state index is 7.98. The van der Waals surface area contributed by atoms with Crippen molar-refractivity contribution in [2.45, 2.75) is 0 Å². The van der Waals surface area contributed by atoms with Crippen molar-refractivity contribution in [3.63, 3.8) is 0 Å². The molecular formula is C5H6N2. The van der Waals surface area contributed by atoms with Gasteiger partial charge in [-0.1, -0.05) is 0 Å². The summed E-state index contributed by atoms with van der Waals surface area (Å²) in [6, 6.07) is 1.92. The zero-order valence-corrected chi connectivity index (χ0v) is 3.96. The molecular weight excluding hydrogens is 88.1 g/mol. The average Bonchev–Trinajstić information content (AvgIpc) is 2.42. The molecule has 0 aliphatic carbocycles. The highest BCUT2D eigenvalue weighted by molar-refractivity contribution is 5.03. The molecule has 2 nitrogen and oxygen atoms in total.